The van der Waals surface area contributed by atoms with Gasteiger partial charge in [-0.3, -0.25) is 9.59 Å². The van der Waals surface area contributed by atoms with Crippen LogP contribution < -0.4 is 11.1 Å². The lowest BCUT2D eigenvalue weighted by atomic mass is 10.1. The highest BCUT2D eigenvalue weighted by Gasteiger charge is 2.28. The lowest BCUT2D eigenvalue weighted by Crippen LogP contribution is -2.18. The predicted octanol–water partition coefficient (Wildman–Crippen LogP) is 2.76. The first kappa shape index (κ1) is 15.3. The fourth-order valence-corrected chi connectivity index (χ4v) is 2.88. The summed E-state index contributed by atoms with van der Waals surface area (Å²) in [5, 5.41) is 7.27. The first-order valence-corrected chi connectivity index (χ1v) is 8.01. The summed E-state index contributed by atoms with van der Waals surface area (Å²) in [7, 11) is 0. The van der Waals surface area contributed by atoms with Crippen molar-refractivity contribution in [3.63, 3.8) is 0 Å². The zero-order chi connectivity index (χ0) is 17.6. The van der Waals surface area contributed by atoms with Gasteiger partial charge in [-0.25, -0.2) is 4.98 Å². The summed E-state index contributed by atoms with van der Waals surface area (Å²) >= 11 is 0. The van der Waals surface area contributed by atoms with Crippen LogP contribution >= 0.6 is 0 Å². The third-order valence-electron chi connectivity index (χ3n) is 4.32. The second kappa shape index (κ2) is 5.70. The van der Waals surface area contributed by atoms with Crippen molar-refractivity contribution in [1.29, 1.82) is 0 Å². The maximum Gasteiger partial charge on any atom is 0.259 e. The van der Waals surface area contributed by atoms with Gasteiger partial charge < -0.3 is 15.6 Å². The van der Waals surface area contributed by atoms with Crippen molar-refractivity contribution in [2.75, 3.05) is 5.32 Å². The lowest BCUT2D eigenvalue weighted by Gasteiger charge is -2.10. The maximum atomic E-state index is 12.9. The van der Waals surface area contributed by atoms with Gasteiger partial charge in [0.15, 0.2) is 0 Å². The van der Waals surface area contributed by atoms with Crippen molar-refractivity contribution in [3.05, 3.63) is 52.8 Å². The van der Waals surface area contributed by atoms with Crippen LogP contribution in [0.25, 0.3) is 11.1 Å². The van der Waals surface area contributed by atoms with Crippen molar-refractivity contribution in [3.8, 4) is 0 Å². The van der Waals surface area contributed by atoms with Crippen LogP contribution in [0, 0.1) is 6.92 Å². The molecule has 126 valence electrons. The molecule has 3 N–H and O–H groups in total. The number of aromatic nitrogens is 2. The summed E-state index contributed by atoms with van der Waals surface area (Å²) in [5.74, 6) is -0.593. The molecule has 25 heavy (non-hydrogen) atoms. The molecular weight excluding hydrogens is 320 g/mol. The predicted molar refractivity (Wildman–Crippen MR) is 91.4 cm³/mol. The van der Waals surface area contributed by atoms with Crippen molar-refractivity contribution in [2.45, 2.75) is 25.7 Å². The van der Waals surface area contributed by atoms with Crippen LogP contribution in [0.5, 0.6) is 0 Å². The number of anilines is 1. The number of hydrogen-bond acceptors (Lipinski definition) is 5. The van der Waals surface area contributed by atoms with Crippen LogP contribution in [-0.4, -0.2) is 22.0 Å². The fourth-order valence-electron chi connectivity index (χ4n) is 2.88. The summed E-state index contributed by atoms with van der Waals surface area (Å²) in [5.41, 5.74) is 8.21. The molecule has 2 heterocycles. The number of para-hydroxylation sites is 1. The second-order valence-electron chi connectivity index (χ2n) is 6.18. The molecule has 0 aliphatic heterocycles. The minimum absolute atomic E-state index is 0.255. The molecule has 0 atom stereocenters. The molecule has 4 rings (SSSR count). The van der Waals surface area contributed by atoms with Gasteiger partial charge in [0.2, 0.25) is 0 Å². The van der Waals surface area contributed by atoms with E-state index in [-0.39, 0.29) is 11.5 Å². The van der Waals surface area contributed by atoms with E-state index in [1.807, 2.05) is 0 Å². The largest absolute Gasteiger partial charge is 0.366 e. The van der Waals surface area contributed by atoms with Crippen LogP contribution in [0.3, 0.4) is 0 Å². The number of pyridine rings is 1. The molecule has 0 radical (unpaired) electrons. The summed E-state index contributed by atoms with van der Waals surface area (Å²) in [4.78, 5) is 28.9. The topological polar surface area (TPSA) is 111 Å². The molecule has 7 nitrogen and oxygen atoms in total. The zero-order valence-electron chi connectivity index (χ0n) is 13.6. The minimum atomic E-state index is -0.601. The number of rotatable bonds is 4. The summed E-state index contributed by atoms with van der Waals surface area (Å²) in [6.07, 6.45) is 2.11. The van der Waals surface area contributed by atoms with Crippen LogP contribution in [0.4, 0.5) is 5.69 Å². The molecule has 0 unspecified atom stereocenters. The van der Waals surface area contributed by atoms with E-state index in [1.54, 1.807) is 37.3 Å². The molecule has 2 amide bonds. The third kappa shape index (κ3) is 2.73. The van der Waals surface area contributed by atoms with Crippen LogP contribution in [-0.2, 0) is 0 Å². The average molecular weight is 336 g/mol. The van der Waals surface area contributed by atoms with Gasteiger partial charge in [-0.15, -0.1) is 0 Å². The Morgan fingerprint density at radius 3 is 2.72 bits per heavy atom. The first-order valence-electron chi connectivity index (χ1n) is 8.01. The molecule has 0 bridgehead atoms. The van der Waals surface area contributed by atoms with Gasteiger partial charge in [-0.05, 0) is 38.0 Å². The van der Waals surface area contributed by atoms with Gasteiger partial charge in [0.1, 0.15) is 0 Å². The number of benzene rings is 1. The molecule has 0 saturated heterocycles. The van der Waals surface area contributed by atoms with Crippen LogP contribution in [0.15, 0.2) is 34.9 Å². The van der Waals surface area contributed by atoms with Crippen molar-refractivity contribution in [2.24, 2.45) is 5.73 Å². The Kier molecular flexibility index (Phi) is 3.49. The quantitative estimate of drug-likeness (QED) is 0.761. The Labute approximate surface area is 143 Å². The van der Waals surface area contributed by atoms with Crippen LogP contribution in [0.2, 0.25) is 0 Å². The van der Waals surface area contributed by atoms with E-state index in [0.29, 0.717) is 34.0 Å². The van der Waals surface area contributed by atoms with E-state index in [4.69, 9.17) is 10.3 Å². The van der Waals surface area contributed by atoms with Gasteiger partial charge in [0, 0.05) is 11.6 Å². The van der Waals surface area contributed by atoms with Gasteiger partial charge in [0.05, 0.1) is 27.9 Å². The van der Waals surface area contributed by atoms with E-state index >= 15 is 0 Å². The molecule has 1 saturated carbocycles. The lowest BCUT2D eigenvalue weighted by molar-refractivity contribution is 0.100. The van der Waals surface area contributed by atoms with E-state index in [2.05, 4.69) is 15.5 Å². The number of amides is 2. The van der Waals surface area contributed by atoms with Crippen molar-refractivity contribution >= 4 is 28.6 Å². The number of nitrogens with zero attached hydrogens (tertiary/aromatic N) is 2. The summed E-state index contributed by atoms with van der Waals surface area (Å²) in [6, 6.07) is 8.41. The summed E-state index contributed by atoms with van der Waals surface area (Å²) in [6.45, 7) is 1.76. The Balaban J connectivity index is 1.77. The minimum Gasteiger partial charge on any atom is -0.366 e. The molecular formula is C18H16N4O3. The third-order valence-corrected chi connectivity index (χ3v) is 4.32. The van der Waals surface area contributed by atoms with Gasteiger partial charge in [0.25, 0.3) is 17.5 Å². The Hall–Kier alpha value is -3.22. The van der Waals surface area contributed by atoms with Crippen molar-refractivity contribution in [1.82, 2.24) is 10.1 Å². The van der Waals surface area contributed by atoms with Gasteiger partial charge in [-0.1, -0.05) is 17.3 Å². The smallest absolute Gasteiger partial charge is 0.259 e. The molecule has 1 aromatic carbocycles. The standard InChI is InChI=1S/C18H16N4O3/c1-9-15-12(8-14(10-6-7-10)21-18(15)25-22-9)17(24)20-13-5-3-2-4-11(13)16(19)23/h2-5,8,10H,6-7H2,1H3,(H2,19,23)(H,20,24). The highest BCUT2D eigenvalue weighted by Crippen LogP contribution is 2.40. The molecule has 2 aromatic heterocycles. The maximum absolute atomic E-state index is 12.9. The highest BCUT2D eigenvalue weighted by atomic mass is 16.5. The second-order valence-corrected chi connectivity index (χ2v) is 6.18. The van der Waals surface area contributed by atoms with Crippen LogP contribution in [0.1, 0.15) is 50.9 Å². The number of primary amides is 1. The molecule has 1 aliphatic carbocycles. The fraction of sp³-hybridized carbons (Fsp3) is 0.222. The molecule has 7 heteroatoms. The summed E-state index contributed by atoms with van der Waals surface area (Å²) < 4.78 is 5.26. The number of hydrogen-bond donors (Lipinski definition) is 2. The van der Waals surface area contributed by atoms with Gasteiger partial charge >= 0.3 is 0 Å². The number of fused-ring (bicyclic) bond motifs is 1. The Morgan fingerprint density at radius 1 is 1.24 bits per heavy atom. The highest BCUT2D eigenvalue weighted by molar-refractivity contribution is 6.14. The van der Waals surface area contributed by atoms with E-state index < -0.39 is 5.91 Å². The van der Waals surface area contributed by atoms with Gasteiger partial charge in [-0.2, -0.15) is 0 Å². The Bertz CT molecular complexity index is 1000. The molecule has 3 aromatic rings. The number of nitrogens with one attached hydrogen (secondary N) is 1. The molecule has 1 aliphatic rings. The number of carbonyl (C=O) groups excluding carboxylic acids is 2. The molecule has 1 fully saturated rings. The number of aryl methyl sites for hydroxylation is 1. The Morgan fingerprint density at radius 2 is 2.00 bits per heavy atom. The SMILES string of the molecule is Cc1noc2nc(C3CC3)cc(C(=O)Nc3ccccc3C(N)=O)c12. The first-order chi connectivity index (χ1) is 12.0. The van der Waals surface area contributed by atoms with E-state index in [9.17, 15) is 9.59 Å². The average Bonchev–Trinajstić information content (AvgIpc) is 3.38. The molecule has 0 spiro atoms. The zero-order valence-corrected chi connectivity index (χ0v) is 13.6. The number of nitrogens with two attached hydrogens (primary N) is 1. The number of carbonyl (C=O) groups is 2. The van der Waals surface area contributed by atoms with E-state index in [0.717, 1.165) is 18.5 Å². The monoisotopic (exact) mass is 336 g/mol. The van der Waals surface area contributed by atoms with E-state index in [1.165, 1.54) is 0 Å². The normalized spacial score (nSPS) is 13.8. The van der Waals surface area contributed by atoms with Crippen molar-refractivity contribution < 1.29 is 14.1 Å².